The standard InChI is InChI=1S/C46H62N10O5S/c1-28(31-10-12-32(13-11-31)41-29(2)48-27-62-41)49-44(60)38-22-34(57)25-56(38)45(61)42(46(3,4)5)51-40(59)26-55-18-14-30(15-19-55)24-54-20-16-33(17-21-54)50-37-23-36(52-53-43(37)47)35-8-6-7-9-39(35)58/h6-13,23,27-28,30,33-34,38,42,57-58H,14-22,24-26H2,1-5H3,(H2,47,53)(H,49,60)(H,50,52)(H,51,59)/t28-,34+,38-,42+/m0/s1. The van der Waals surface area contributed by atoms with Crippen molar-refractivity contribution in [2.75, 3.05) is 56.9 Å². The number of carbonyl (C=O) groups is 3. The third-order valence-corrected chi connectivity index (χ3v) is 13.6. The number of hydrogen-bond donors (Lipinski definition) is 6. The summed E-state index contributed by atoms with van der Waals surface area (Å²) in [4.78, 5) is 53.1. The molecular weight excluding hydrogens is 805 g/mol. The highest BCUT2D eigenvalue weighted by Crippen LogP contribution is 2.32. The summed E-state index contributed by atoms with van der Waals surface area (Å²) >= 11 is 1.59. The van der Waals surface area contributed by atoms with Crippen LogP contribution in [0.2, 0.25) is 0 Å². The summed E-state index contributed by atoms with van der Waals surface area (Å²) in [6, 6.07) is 15.1. The van der Waals surface area contributed by atoms with Gasteiger partial charge in [0.1, 0.15) is 17.8 Å². The zero-order valence-electron chi connectivity index (χ0n) is 36.5. The SMILES string of the molecule is Cc1ncsc1-c1ccc([C@H](C)NC(=O)[C@@H]2C[C@@H](O)CN2C(=O)[C@@H](NC(=O)CN2CCC(CN3CCC(Nc4cc(-c5ccccc5O)nnc4N)CC3)CC2)C(C)(C)C)cc1. The van der Waals surface area contributed by atoms with Gasteiger partial charge in [0, 0.05) is 44.2 Å². The van der Waals surface area contributed by atoms with Gasteiger partial charge in [0.25, 0.3) is 0 Å². The molecule has 3 aliphatic rings. The third-order valence-electron chi connectivity index (χ3n) is 12.6. The number of nitrogens with two attached hydrogens (primary N) is 1. The lowest BCUT2D eigenvalue weighted by atomic mass is 9.85. The van der Waals surface area contributed by atoms with E-state index in [1.807, 2.05) is 76.5 Å². The second kappa shape index (κ2) is 19.5. The first-order valence-corrected chi connectivity index (χ1v) is 22.7. The van der Waals surface area contributed by atoms with E-state index in [1.165, 1.54) is 4.90 Å². The second-order valence-corrected chi connectivity index (χ2v) is 19.2. The number of aliphatic hydroxyl groups excluding tert-OH is 1. The number of para-hydroxylation sites is 1. The molecule has 0 saturated carbocycles. The molecule has 62 heavy (non-hydrogen) atoms. The molecule has 0 spiro atoms. The molecule has 0 unspecified atom stereocenters. The van der Waals surface area contributed by atoms with Crippen molar-refractivity contribution >= 4 is 40.6 Å². The van der Waals surface area contributed by atoms with E-state index in [4.69, 9.17) is 5.73 Å². The van der Waals surface area contributed by atoms with Crippen molar-refractivity contribution < 1.29 is 24.6 Å². The number of aromatic hydroxyl groups is 1. The fourth-order valence-corrected chi connectivity index (χ4v) is 9.75. The molecule has 4 atom stereocenters. The Morgan fingerprint density at radius 2 is 1.65 bits per heavy atom. The number of piperidine rings is 2. The summed E-state index contributed by atoms with van der Waals surface area (Å²) in [5.41, 5.74) is 12.2. The second-order valence-electron chi connectivity index (χ2n) is 18.4. The van der Waals surface area contributed by atoms with Gasteiger partial charge in [-0.3, -0.25) is 19.3 Å². The Hall–Kier alpha value is -5.16. The molecule has 3 amide bonds. The van der Waals surface area contributed by atoms with Gasteiger partial charge in [-0.2, -0.15) is 0 Å². The van der Waals surface area contributed by atoms with Crippen molar-refractivity contribution in [2.24, 2.45) is 11.3 Å². The van der Waals surface area contributed by atoms with Crippen LogP contribution in [0.3, 0.4) is 0 Å². The molecule has 3 saturated heterocycles. The van der Waals surface area contributed by atoms with Crippen LogP contribution in [0.5, 0.6) is 5.75 Å². The lowest BCUT2D eigenvalue weighted by Crippen LogP contribution is -2.59. The molecule has 332 valence electrons. The van der Waals surface area contributed by atoms with Crippen LogP contribution in [0, 0.1) is 18.3 Å². The fraction of sp³-hybridized carbons (Fsp3) is 0.522. The number of nitrogens with one attached hydrogen (secondary N) is 3. The number of hydrogen-bond acceptors (Lipinski definition) is 13. The van der Waals surface area contributed by atoms with Gasteiger partial charge in [-0.25, -0.2) is 4.98 Å². The predicted molar refractivity (Wildman–Crippen MR) is 242 cm³/mol. The molecule has 0 aliphatic carbocycles. The molecule has 3 fully saturated rings. The summed E-state index contributed by atoms with van der Waals surface area (Å²) in [6.45, 7) is 14.3. The molecule has 15 nitrogen and oxygen atoms in total. The number of anilines is 2. The van der Waals surface area contributed by atoms with Crippen molar-refractivity contribution in [1.29, 1.82) is 0 Å². The monoisotopic (exact) mass is 866 g/mol. The van der Waals surface area contributed by atoms with Crippen molar-refractivity contribution in [3.8, 4) is 27.4 Å². The number of aryl methyl sites for hydroxylation is 1. The van der Waals surface area contributed by atoms with Crippen LogP contribution in [0.4, 0.5) is 11.5 Å². The first-order valence-electron chi connectivity index (χ1n) is 21.8. The molecule has 7 rings (SSSR count). The van der Waals surface area contributed by atoms with Crippen molar-refractivity contribution in [2.45, 2.75) is 97.0 Å². The summed E-state index contributed by atoms with van der Waals surface area (Å²) in [5.74, 6) is 0.0829. The number of rotatable bonds is 13. The highest BCUT2D eigenvalue weighted by atomic mass is 32.1. The largest absolute Gasteiger partial charge is 0.507 e. The van der Waals surface area contributed by atoms with E-state index < -0.39 is 23.6 Å². The number of aliphatic hydroxyl groups is 1. The van der Waals surface area contributed by atoms with Gasteiger partial charge < -0.3 is 41.7 Å². The topological polar surface area (TPSA) is 202 Å². The van der Waals surface area contributed by atoms with Crippen LogP contribution >= 0.6 is 11.3 Å². The quantitative estimate of drug-likeness (QED) is 0.107. The summed E-state index contributed by atoms with van der Waals surface area (Å²) in [7, 11) is 0. The van der Waals surface area contributed by atoms with Crippen LogP contribution in [0.15, 0.2) is 60.1 Å². The van der Waals surface area contributed by atoms with Crippen LogP contribution in [0.1, 0.15) is 77.1 Å². The number of phenolic OH excluding ortho intramolecular Hbond substituents is 1. The molecule has 4 aromatic rings. The van der Waals surface area contributed by atoms with Crippen molar-refractivity contribution in [3.05, 3.63) is 71.4 Å². The molecule has 0 bridgehead atoms. The first-order chi connectivity index (χ1) is 29.6. The molecule has 7 N–H and O–H groups in total. The Labute approximate surface area is 368 Å². The van der Waals surface area contributed by atoms with E-state index in [1.54, 1.807) is 29.5 Å². The number of likely N-dealkylation sites (tertiary alicyclic amines) is 3. The van der Waals surface area contributed by atoms with Gasteiger partial charge in [-0.15, -0.1) is 21.5 Å². The number of β-amino-alcohol motifs (C(OH)–C–C–N with tert-alkyl or cyclic N) is 1. The zero-order chi connectivity index (χ0) is 44.1. The fourth-order valence-electron chi connectivity index (χ4n) is 8.94. The molecule has 5 heterocycles. The maximum atomic E-state index is 14.2. The lowest BCUT2D eigenvalue weighted by Gasteiger charge is -2.38. The number of nitrogen functional groups attached to an aromatic ring is 1. The van der Waals surface area contributed by atoms with Crippen molar-refractivity contribution in [3.63, 3.8) is 0 Å². The maximum absolute atomic E-state index is 14.2. The number of benzene rings is 2. The van der Waals surface area contributed by atoms with Gasteiger partial charge in [0.05, 0.1) is 46.2 Å². The number of amides is 3. The molecule has 3 aliphatic heterocycles. The summed E-state index contributed by atoms with van der Waals surface area (Å²) < 4.78 is 0. The van der Waals surface area contributed by atoms with Gasteiger partial charge in [-0.1, -0.05) is 57.2 Å². The van der Waals surface area contributed by atoms with Gasteiger partial charge >= 0.3 is 0 Å². The minimum atomic E-state index is -0.878. The van der Waals surface area contributed by atoms with E-state index in [-0.39, 0.29) is 55.1 Å². The minimum Gasteiger partial charge on any atom is -0.507 e. The van der Waals surface area contributed by atoms with Crippen molar-refractivity contribution in [1.82, 2.24) is 40.5 Å². The van der Waals surface area contributed by atoms with Gasteiger partial charge in [-0.05, 0) is 93.3 Å². The Bertz CT molecular complexity index is 2180. The number of carbonyl (C=O) groups excluding carboxylic acids is 3. The van der Waals surface area contributed by atoms with Crippen LogP contribution in [-0.2, 0) is 14.4 Å². The molecule has 16 heteroatoms. The van der Waals surface area contributed by atoms with E-state index in [0.717, 1.165) is 85.8 Å². The van der Waals surface area contributed by atoms with Crippen LogP contribution < -0.4 is 21.7 Å². The zero-order valence-corrected chi connectivity index (χ0v) is 37.3. The van der Waals surface area contributed by atoms with E-state index in [2.05, 4.69) is 40.9 Å². The van der Waals surface area contributed by atoms with E-state index in [0.29, 0.717) is 23.0 Å². The number of nitrogens with zero attached hydrogens (tertiary/aromatic N) is 6. The maximum Gasteiger partial charge on any atom is 0.246 e. The lowest BCUT2D eigenvalue weighted by molar-refractivity contribution is -0.144. The van der Waals surface area contributed by atoms with E-state index in [9.17, 15) is 24.6 Å². The predicted octanol–water partition coefficient (Wildman–Crippen LogP) is 4.82. The minimum absolute atomic E-state index is 0.0247. The summed E-state index contributed by atoms with van der Waals surface area (Å²) in [6.07, 6.45) is 3.18. The number of aromatic nitrogens is 3. The van der Waals surface area contributed by atoms with Crippen LogP contribution in [-0.4, -0.2) is 128 Å². The average molecular weight is 867 g/mol. The number of thiazole rings is 1. The van der Waals surface area contributed by atoms with Gasteiger partial charge in [0.2, 0.25) is 17.7 Å². The molecule has 2 aromatic heterocycles. The smallest absolute Gasteiger partial charge is 0.246 e. The summed E-state index contributed by atoms with van der Waals surface area (Å²) in [5, 5.41) is 39.0. The Kier molecular flexibility index (Phi) is 14.1. The van der Waals surface area contributed by atoms with Gasteiger partial charge in [0.15, 0.2) is 5.82 Å². The molecule has 2 aromatic carbocycles. The molecular formula is C46H62N10O5S. The third kappa shape index (κ3) is 10.9. The Balaban J connectivity index is 0.859. The Morgan fingerprint density at radius 1 is 0.952 bits per heavy atom. The van der Waals surface area contributed by atoms with E-state index >= 15 is 0 Å². The average Bonchev–Trinajstić information content (AvgIpc) is 3.87. The number of phenols is 1. The molecule has 0 radical (unpaired) electrons. The highest BCUT2D eigenvalue weighted by molar-refractivity contribution is 7.13. The normalized spacial score (nSPS) is 20.5. The highest BCUT2D eigenvalue weighted by Gasteiger charge is 2.45. The van der Waals surface area contributed by atoms with Crippen LogP contribution in [0.25, 0.3) is 21.7 Å². The Morgan fingerprint density at radius 3 is 2.31 bits per heavy atom. The first kappa shape index (κ1) is 44.9.